The molecule has 0 N–H and O–H groups in total. The summed E-state index contributed by atoms with van der Waals surface area (Å²) in [5, 5.41) is 0. The van der Waals surface area contributed by atoms with Gasteiger partial charge in [-0.1, -0.05) is 36.7 Å². The van der Waals surface area contributed by atoms with Crippen LogP contribution < -0.4 is 0 Å². The number of hydrogen-bond donors (Lipinski definition) is 0. The van der Waals surface area contributed by atoms with E-state index in [1.165, 1.54) is 12.1 Å². The third-order valence-corrected chi connectivity index (χ3v) is 4.59. The average Bonchev–Trinajstić information content (AvgIpc) is 1.97. The second-order valence-corrected chi connectivity index (χ2v) is 7.77. The Labute approximate surface area is 104 Å². The molecule has 90 valence electrons. The molecule has 5 heteroatoms. The topological polar surface area (TPSA) is 34.1 Å². The summed E-state index contributed by atoms with van der Waals surface area (Å²) >= 11 is 3.09. The van der Waals surface area contributed by atoms with Gasteiger partial charge in [-0.15, -0.1) is 0 Å². The number of hydrogen-bond acceptors (Lipinski definition) is 2. The molecule has 0 fully saturated rings. The molecule has 0 aliphatic rings. The van der Waals surface area contributed by atoms with Crippen LogP contribution in [0.5, 0.6) is 0 Å². The predicted octanol–water partition coefficient (Wildman–Crippen LogP) is 3.41. The first-order chi connectivity index (χ1) is 7.12. The van der Waals surface area contributed by atoms with E-state index in [1.54, 1.807) is 20.8 Å². The minimum atomic E-state index is -3.56. The van der Waals surface area contributed by atoms with Crippen LogP contribution in [-0.4, -0.2) is 14.2 Å². The Morgan fingerprint density at radius 1 is 1.31 bits per heavy atom. The van der Waals surface area contributed by atoms with Crippen LogP contribution in [0, 0.1) is 11.2 Å². The lowest BCUT2D eigenvalue weighted by molar-refractivity contribution is 0.459. The van der Waals surface area contributed by atoms with Crippen molar-refractivity contribution in [1.82, 2.24) is 0 Å². The smallest absolute Gasteiger partial charge is 0.181 e. The van der Waals surface area contributed by atoms with E-state index in [9.17, 15) is 12.8 Å². The first-order valence-corrected chi connectivity index (χ1v) is 7.24. The van der Waals surface area contributed by atoms with Gasteiger partial charge in [0, 0.05) is 4.47 Å². The molecular weight excluding hydrogens is 295 g/mol. The van der Waals surface area contributed by atoms with Gasteiger partial charge in [0.05, 0.1) is 5.75 Å². The van der Waals surface area contributed by atoms with Gasteiger partial charge in [-0.3, -0.25) is 0 Å². The molecule has 0 atom stereocenters. The molecule has 0 saturated carbocycles. The van der Waals surface area contributed by atoms with Gasteiger partial charge < -0.3 is 0 Å². The quantitative estimate of drug-likeness (QED) is 0.839. The van der Waals surface area contributed by atoms with E-state index in [-0.39, 0.29) is 10.6 Å². The van der Waals surface area contributed by atoms with Crippen molar-refractivity contribution in [2.45, 2.75) is 25.7 Å². The van der Waals surface area contributed by atoms with Crippen LogP contribution in [0.25, 0.3) is 0 Å². The average molecular weight is 309 g/mol. The highest BCUT2D eigenvalue weighted by molar-refractivity contribution is 9.10. The SMILES string of the molecule is CC(C)(C)CS(=O)(=O)c1ccc(Br)cc1F. The normalized spacial score (nSPS) is 12.8. The van der Waals surface area contributed by atoms with Gasteiger partial charge in [0.1, 0.15) is 10.7 Å². The maximum atomic E-state index is 13.5. The Kier molecular flexibility index (Phi) is 3.80. The Bertz CT molecular complexity index is 489. The number of sulfone groups is 1. The molecule has 0 heterocycles. The van der Waals surface area contributed by atoms with Crippen LogP contribution in [0.3, 0.4) is 0 Å². The van der Waals surface area contributed by atoms with E-state index in [2.05, 4.69) is 15.9 Å². The molecule has 0 aromatic heterocycles. The lowest BCUT2D eigenvalue weighted by Gasteiger charge is -2.18. The largest absolute Gasteiger partial charge is 0.224 e. The van der Waals surface area contributed by atoms with Crippen LogP contribution in [0.2, 0.25) is 0 Å². The molecule has 0 unspecified atom stereocenters. The highest BCUT2D eigenvalue weighted by Gasteiger charge is 2.26. The Hall–Kier alpha value is -0.420. The zero-order chi connectivity index (χ0) is 12.6. The van der Waals surface area contributed by atoms with Crippen LogP contribution in [0.4, 0.5) is 4.39 Å². The lowest BCUT2D eigenvalue weighted by atomic mass is 10.0. The van der Waals surface area contributed by atoms with Gasteiger partial charge in [0.25, 0.3) is 0 Å². The van der Waals surface area contributed by atoms with Crippen LogP contribution in [0.1, 0.15) is 20.8 Å². The van der Waals surface area contributed by atoms with Crippen LogP contribution >= 0.6 is 15.9 Å². The first-order valence-electron chi connectivity index (χ1n) is 4.80. The van der Waals surface area contributed by atoms with Gasteiger partial charge in [-0.05, 0) is 23.6 Å². The zero-order valence-electron chi connectivity index (χ0n) is 9.42. The first kappa shape index (κ1) is 13.6. The molecule has 2 nitrogen and oxygen atoms in total. The van der Waals surface area contributed by atoms with Gasteiger partial charge in [-0.2, -0.15) is 0 Å². The highest BCUT2D eigenvalue weighted by atomic mass is 79.9. The van der Waals surface area contributed by atoms with E-state index in [0.717, 1.165) is 6.07 Å². The summed E-state index contributed by atoms with van der Waals surface area (Å²) in [6.45, 7) is 5.42. The Morgan fingerprint density at radius 3 is 2.31 bits per heavy atom. The van der Waals surface area contributed by atoms with Gasteiger partial charge >= 0.3 is 0 Å². The van der Waals surface area contributed by atoms with Crippen molar-refractivity contribution < 1.29 is 12.8 Å². The van der Waals surface area contributed by atoms with Gasteiger partial charge in [0.15, 0.2) is 9.84 Å². The molecule has 0 spiro atoms. The van der Waals surface area contributed by atoms with Crippen molar-refractivity contribution in [2.75, 3.05) is 5.75 Å². The Morgan fingerprint density at radius 2 is 1.88 bits per heavy atom. The van der Waals surface area contributed by atoms with Crippen molar-refractivity contribution in [3.05, 3.63) is 28.5 Å². The van der Waals surface area contributed by atoms with Crippen molar-refractivity contribution >= 4 is 25.8 Å². The number of benzene rings is 1. The molecule has 16 heavy (non-hydrogen) atoms. The van der Waals surface area contributed by atoms with E-state index in [1.807, 2.05) is 0 Å². The summed E-state index contributed by atoms with van der Waals surface area (Å²) in [6, 6.07) is 3.98. The van der Waals surface area contributed by atoms with Crippen molar-refractivity contribution in [1.29, 1.82) is 0 Å². The van der Waals surface area contributed by atoms with Crippen molar-refractivity contribution in [3.63, 3.8) is 0 Å². The second-order valence-electron chi connectivity index (χ2n) is 4.89. The monoisotopic (exact) mass is 308 g/mol. The summed E-state index contributed by atoms with van der Waals surface area (Å²) < 4.78 is 37.9. The predicted molar refractivity (Wildman–Crippen MR) is 65.6 cm³/mol. The fourth-order valence-electron chi connectivity index (χ4n) is 1.38. The summed E-state index contributed by atoms with van der Waals surface area (Å²) in [5.74, 6) is -0.780. The second kappa shape index (κ2) is 4.45. The third kappa shape index (κ3) is 3.56. The molecule has 0 bridgehead atoms. The summed E-state index contributed by atoms with van der Waals surface area (Å²) in [5.41, 5.74) is -0.391. The lowest BCUT2D eigenvalue weighted by Crippen LogP contribution is -2.21. The molecule has 1 aromatic rings. The highest BCUT2D eigenvalue weighted by Crippen LogP contribution is 2.25. The molecule has 1 rings (SSSR count). The standard InChI is InChI=1S/C11H14BrFO2S/c1-11(2,3)7-16(14,15)10-5-4-8(12)6-9(10)13/h4-6H,7H2,1-3H3. The minimum Gasteiger partial charge on any atom is -0.224 e. The fraction of sp³-hybridized carbons (Fsp3) is 0.455. The maximum absolute atomic E-state index is 13.5. The molecule has 0 amide bonds. The maximum Gasteiger partial charge on any atom is 0.181 e. The summed E-state index contributed by atoms with van der Waals surface area (Å²) in [7, 11) is -3.56. The Balaban J connectivity index is 3.18. The number of halogens is 2. The van der Waals surface area contributed by atoms with E-state index in [4.69, 9.17) is 0 Å². The molecule has 0 aliphatic carbocycles. The third-order valence-electron chi connectivity index (χ3n) is 1.85. The minimum absolute atomic E-state index is 0.0709. The summed E-state index contributed by atoms with van der Waals surface area (Å²) in [6.07, 6.45) is 0. The molecule has 0 aliphatic heterocycles. The molecule has 0 saturated heterocycles. The van der Waals surface area contributed by atoms with Crippen LogP contribution in [0.15, 0.2) is 27.6 Å². The zero-order valence-corrected chi connectivity index (χ0v) is 11.8. The van der Waals surface area contributed by atoms with Crippen LogP contribution in [-0.2, 0) is 9.84 Å². The van der Waals surface area contributed by atoms with Crippen molar-refractivity contribution in [3.8, 4) is 0 Å². The summed E-state index contributed by atoms with van der Waals surface area (Å²) in [4.78, 5) is -0.231. The van der Waals surface area contributed by atoms with Gasteiger partial charge in [0.2, 0.25) is 0 Å². The fourth-order valence-corrected chi connectivity index (χ4v) is 3.64. The van der Waals surface area contributed by atoms with E-state index < -0.39 is 21.1 Å². The van der Waals surface area contributed by atoms with Gasteiger partial charge in [-0.25, -0.2) is 12.8 Å². The molecule has 1 aromatic carbocycles. The van der Waals surface area contributed by atoms with Crippen molar-refractivity contribution in [2.24, 2.45) is 5.41 Å². The van der Waals surface area contributed by atoms with E-state index >= 15 is 0 Å². The van der Waals surface area contributed by atoms with E-state index in [0.29, 0.717) is 4.47 Å². The number of rotatable bonds is 2. The molecular formula is C11H14BrFO2S. The molecule has 0 radical (unpaired) electrons.